The summed E-state index contributed by atoms with van der Waals surface area (Å²) in [4.78, 5) is 112. The predicted molar refractivity (Wildman–Crippen MR) is 483 cm³/mol. The van der Waals surface area contributed by atoms with Crippen LogP contribution in [-0.4, -0.2) is 174 Å². The molecule has 0 saturated carbocycles. The number of hydrogen-bond donors (Lipinski definition) is 3. The second-order valence-corrected chi connectivity index (χ2v) is 32.0. The zero-order valence-electron chi connectivity index (χ0n) is 72.1. The molecule has 1 fully saturated rings. The maximum absolute atomic E-state index is 15.2. The number of ether oxygens (including phenoxy) is 8. The van der Waals surface area contributed by atoms with E-state index >= 15 is 4.79 Å². The SMILES string of the molecule is COc1ccc(C(OC[C@H]2O[C@@H](n3cnc4c(=O)n(CCN(C)c5ccc([N+](=O)[O-])cc5[N+](=O)[O-])c(NCCOCCOCCNC(=O)Nc5ccc(-c6c7ccc(=O)cc-7oc7cc(OCCc8ccc([N+](=O)[O-])cc8)ccc67)c(C(=O)OCCc6ccc([N+](=O)[O-])cc6)c5)nc43)C[C@@H]2OP(OCCC#N)N(C(C)C)C(C)C)(c2ccccc2)c2ccc(OC)cc2)cc1. The smallest absolute Gasteiger partial charge is 0.338 e. The molecule has 4 heterocycles. The van der Waals surface area contributed by atoms with Crippen molar-refractivity contribution in [1.29, 1.82) is 5.26 Å². The van der Waals surface area contributed by atoms with Crippen LogP contribution in [0.1, 0.15) is 84.9 Å². The first-order chi connectivity index (χ1) is 62.8. The van der Waals surface area contributed by atoms with Gasteiger partial charge in [0, 0.05) is 129 Å². The minimum atomic E-state index is -1.88. The molecule has 130 heavy (non-hydrogen) atoms. The molecule has 0 bridgehead atoms. The number of carbonyl (C=O) groups excluding carboxylic acids is 2. The van der Waals surface area contributed by atoms with Gasteiger partial charge < -0.3 is 72.2 Å². The van der Waals surface area contributed by atoms with Crippen molar-refractivity contribution < 1.29 is 80.6 Å². The highest BCUT2D eigenvalue weighted by Gasteiger charge is 2.46. The molecule has 4 atom stereocenters. The molecule has 37 nitrogen and oxygen atoms in total. The number of urea groups is 1. The van der Waals surface area contributed by atoms with E-state index in [9.17, 15) is 60.1 Å². The Bertz CT molecular complexity index is 6080. The molecule has 10 aromatic rings. The van der Waals surface area contributed by atoms with Gasteiger partial charge in [-0.2, -0.15) is 10.2 Å². The van der Waals surface area contributed by atoms with Gasteiger partial charge in [0.1, 0.15) is 52.2 Å². The van der Waals surface area contributed by atoms with Crippen LogP contribution >= 0.6 is 8.53 Å². The first kappa shape index (κ1) is 93.4. The third kappa shape index (κ3) is 22.5. The highest BCUT2D eigenvalue weighted by Crippen LogP contribution is 2.52. The highest BCUT2D eigenvalue weighted by molar-refractivity contribution is 7.44. The number of carbonyl (C=O) groups is 2. The molecule has 2 aliphatic heterocycles. The molecule has 0 radical (unpaired) electrons. The van der Waals surface area contributed by atoms with Crippen LogP contribution in [0.4, 0.5) is 44.9 Å². The third-order valence-corrected chi connectivity index (χ3v) is 23.7. The van der Waals surface area contributed by atoms with E-state index in [0.29, 0.717) is 51.3 Å². The Kier molecular flexibility index (Phi) is 31.3. The van der Waals surface area contributed by atoms with Crippen LogP contribution < -0.4 is 46.0 Å². The first-order valence-electron chi connectivity index (χ1n) is 41.7. The molecule has 1 saturated heterocycles. The maximum atomic E-state index is 15.2. The van der Waals surface area contributed by atoms with E-state index in [-0.39, 0.29) is 173 Å². The number of nitriles is 1. The van der Waals surface area contributed by atoms with Crippen LogP contribution in [0.25, 0.3) is 44.6 Å². The molecule has 676 valence electrons. The summed E-state index contributed by atoms with van der Waals surface area (Å²) in [7, 11) is 2.84. The van der Waals surface area contributed by atoms with E-state index in [4.69, 9.17) is 56.3 Å². The van der Waals surface area contributed by atoms with Crippen LogP contribution in [0.15, 0.2) is 221 Å². The largest absolute Gasteiger partial charge is 0.497 e. The number of nitro benzene ring substituents is 4. The zero-order valence-corrected chi connectivity index (χ0v) is 73.0. The second kappa shape index (κ2) is 43.5. The lowest BCUT2D eigenvalue weighted by molar-refractivity contribution is -0.393. The number of amides is 2. The lowest BCUT2D eigenvalue weighted by atomic mass is 9.80. The van der Waals surface area contributed by atoms with Crippen molar-refractivity contribution in [3.63, 3.8) is 0 Å². The predicted octanol–water partition coefficient (Wildman–Crippen LogP) is 15.5. The van der Waals surface area contributed by atoms with Gasteiger partial charge in [-0.3, -0.25) is 59.2 Å². The lowest BCUT2D eigenvalue weighted by Gasteiger charge is -2.39. The van der Waals surface area contributed by atoms with Crippen molar-refractivity contribution >= 4 is 82.7 Å². The average molecular weight is 1800 g/mol. The number of non-ortho nitro benzene ring substituents is 3. The summed E-state index contributed by atoms with van der Waals surface area (Å²) in [5.74, 6) is 1.09. The van der Waals surface area contributed by atoms with Gasteiger partial charge in [0.25, 0.3) is 36.8 Å². The fraction of sp³-hybridized carbons (Fsp3) is 0.315. The number of methoxy groups -OCH3 is 2. The number of fused-ring (bicyclic) bond motifs is 3. The molecule has 38 heteroatoms. The number of nitro groups is 4. The molecular weight excluding hydrogens is 1700 g/mol. The molecule has 13 rings (SSSR count). The normalized spacial score (nSPS) is 14.1. The van der Waals surface area contributed by atoms with Crippen LogP contribution in [0.2, 0.25) is 0 Å². The number of anilines is 3. The number of nitrogens with zero attached hydrogens (tertiary/aromatic N) is 11. The van der Waals surface area contributed by atoms with Gasteiger partial charge in [0.2, 0.25) is 5.95 Å². The quantitative estimate of drug-likeness (QED) is 0.00607. The summed E-state index contributed by atoms with van der Waals surface area (Å²) in [6, 6.07) is 55.6. The fourth-order valence-electron chi connectivity index (χ4n) is 15.2. The van der Waals surface area contributed by atoms with Gasteiger partial charge in [-0.05, 0) is 128 Å². The Balaban J connectivity index is 0.710. The number of rotatable bonds is 45. The lowest BCUT2D eigenvalue weighted by Crippen LogP contribution is -2.39. The van der Waals surface area contributed by atoms with E-state index in [1.165, 1.54) is 64.3 Å². The Morgan fingerprint density at radius 2 is 1.28 bits per heavy atom. The number of nitrogens with one attached hydrogen (secondary N) is 3. The molecule has 1 unspecified atom stereocenters. The monoisotopic (exact) mass is 1790 g/mol. The van der Waals surface area contributed by atoms with E-state index in [1.54, 1.807) is 86.5 Å². The fourth-order valence-corrected chi connectivity index (χ4v) is 17.0. The van der Waals surface area contributed by atoms with Crippen molar-refractivity contribution in [3.8, 4) is 45.8 Å². The summed E-state index contributed by atoms with van der Waals surface area (Å²) in [6.07, 6.45) is -0.271. The van der Waals surface area contributed by atoms with E-state index in [0.717, 1.165) is 34.4 Å². The van der Waals surface area contributed by atoms with E-state index < -0.39 is 81.2 Å². The molecule has 1 aliphatic carbocycles. The number of imidazole rings is 1. The molecule has 8 aromatic carbocycles. The van der Waals surface area contributed by atoms with Gasteiger partial charge in [0.05, 0.1) is 123 Å². The standard InChI is InChI=1S/C92H95N14O23P/c1-59(2)102(60(3)4)130(126-45-11-40-93)129-82-56-84(128-83(82)57-125-92(63-12-9-8-10-13-63,64-18-29-71(119-6)30-19-64)65-20-31-72(120-7)32-21-65)101-58-96-86-87(101)98-90(100(88(86)108)44-43-99(5)78-37-27-69(105(115)116)53-79(78)106(117)118)94-41-48-121-50-51-122-49-42-95-91(110)97-66-22-34-74(77(52-66)89(109)124-47-39-62-16-25-68(26-17-62)104(113)114)85-75-35-28-70(107)54-80(75)127-81-55-73(33-36-76(81)85)123-46-38-61-14-23-67(24-15-61)103(111)112/h8-10,12-37,52-55,58-60,82-84H,11,38-39,41-51,56-57H2,1-7H3,(H,94,98)(H2,95,97,110)/t82-,83+,84+,130?/m0/s1. The summed E-state index contributed by atoms with van der Waals surface area (Å²) >= 11 is 0. The maximum Gasteiger partial charge on any atom is 0.338 e. The molecule has 2 aromatic heterocycles. The van der Waals surface area contributed by atoms with Gasteiger partial charge in [-0.1, -0.05) is 84.9 Å². The summed E-state index contributed by atoms with van der Waals surface area (Å²) in [6.45, 7) is 8.23. The zero-order chi connectivity index (χ0) is 92.1. The summed E-state index contributed by atoms with van der Waals surface area (Å²) in [5.41, 5.74) is 2.21. The molecule has 3 N–H and O–H groups in total. The van der Waals surface area contributed by atoms with Crippen molar-refractivity contribution in [2.24, 2.45) is 0 Å². The molecular formula is C92H95N14O23P. The Morgan fingerprint density at radius 1 is 0.669 bits per heavy atom. The minimum absolute atomic E-state index is 0.0139. The van der Waals surface area contributed by atoms with Gasteiger partial charge >= 0.3 is 12.0 Å². The number of esters is 1. The van der Waals surface area contributed by atoms with Gasteiger partial charge in [0.15, 0.2) is 16.6 Å². The van der Waals surface area contributed by atoms with Crippen molar-refractivity contribution in [2.45, 2.75) is 96.0 Å². The Morgan fingerprint density at radius 3 is 1.91 bits per heavy atom. The first-order valence-corrected chi connectivity index (χ1v) is 42.8. The molecule has 2 amide bonds. The number of aromatic nitrogens is 4. The Labute approximate surface area is 746 Å². The van der Waals surface area contributed by atoms with E-state index in [2.05, 4.69) is 31.7 Å². The van der Waals surface area contributed by atoms with Gasteiger partial charge in [-0.15, -0.1) is 0 Å². The molecule has 0 spiro atoms. The molecule has 3 aliphatic rings. The third-order valence-electron chi connectivity index (χ3n) is 21.6. The van der Waals surface area contributed by atoms with Crippen LogP contribution in [0.5, 0.6) is 17.2 Å². The summed E-state index contributed by atoms with van der Waals surface area (Å²) < 4.78 is 74.9. The van der Waals surface area contributed by atoms with E-state index in [1.807, 2.05) is 107 Å². The van der Waals surface area contributed by atoms with Crippen molar-refractivity contribution in [2.75, 3.05) is 109 Å². The minimum Gasteiger partial charge on any atom is -0.497 e. The van der Waals surface area contributed by atoms with Crippen LogP contribution in [0.3, 0.4) is 0 Å². The van der Waals surface area contributed by atoms with Crippen LogP contribution in [-0.2, 0) is 57.7 Å². The number of hydrogen-bond acceptors (Lipinski definition) is 29. The second-order valence-electron chi connectivity index (χ2n) is 30.6. The highest BCUT2D eigenvalue weighted by atomic mass is 31.2. The topological polar surface area (TPSA) is 448 Å². The Hall–Kier alpha value is -14.2. The number of benzene rings is 9. The van der Waals surface area contributed by atoms with Crippen molar-refractivity contribution in [1.82, 2.24) is 29.1 Å². The summed E-state index contributed by atoms with van der Waals surface area (Å²) in [5, 5.41) is 65.8. The van der Waals surface area contributed by atoms with Crippen LogP contribution in [0, 0.1) is 51.8 Å². The average Bonchev–Trinajstić information content (AvgIpc) is 1.11. The van der Waals surface area contributed by atoms with Crippen molar-refractivity contribution in [3.05, 3.63) is 301 Å². The number of likely N-dealkylation sites (N-methyl/N-ethyl adjacent to an activating group) is 1. The van der Waals surface area contributed by atoms with Gasteiger partial charge in [-0.25, -0.2) is 19.2 Å².